The van der Waals surface area contributed by atoms with Gasteiger partial charge in [-0.2, -0.15) is 0 Å². The van der Waals surface area contributed by atoms with E-state index in [1.165, 1.54) is 109 Å². The second-order valence-electron chi connectivity index (χ2n) is 14.7. The van der Waals surface area contributed by atoms with Crippen molar-refractivity contribution in [1.29, 1.82) is 0 Å². The Bertz CT molecular complexity index is 838. The smallest absolute Gasteiger partial charge is 0.305 e. The molecule has 64 heavy (non-hydrogen) atoms. The Balaban J connectivity index is -0.0000000989. The van der Waals surface area contributed by atoms with Gasteiger partial charge in [-0.25, -0.2) is 0 Å². The molecule has 0 saturated heterocycles. The molecule has 0 aromatic heterocycles. The Morgan fingerprint density at radius 1 is 0.516 bits per heavy atom. The van der Waals surface area contributed by atoms with E-state index >= 15 is 0 Å². The number of carbonyl (C=O) groups excluding carboxylic acids is 1. The SMILES string of the molecule is CC.CC.CCC.CCC.CCC.CCC.CCC.CCC.CCCCC/C=C\C/C=C\CCCCCCCC(=O)OCCCOc1cc(O)cc(CNC)c1.CCCCCC.CO. The summed E-state index contributed by atoms with van der Waals surface area (Å²) in [4.78, 5) is 11.9. The molecule has 392 valence electrons. The summed E-state index contributed by atoms with van der Waals surface area (Å²) in [6.07, 6.45) is 36.2. The number of aromatic hydroxyl groups is 1. The van der Waals surface area contributed by atoms with Gasteiger partial charge < -0.3 is 25.0 Å². The van der Waals surface area contributed by atoms with E-state index < -0.39 is 0 Å². The summed E-state index contributed by atoms with van der Waals surface area (Å²) in [5.41, 5.74) is 0.960. The molecule has 0 radical (unpaired) electrons. The van der Waals surface area contributed by atoms with E-state index in [2.05, 4.69) is 133 Å². The standard InChI is InChI=1S/C29H47NO4.C6H14.6C3H8.2C2H6.CH4O/c1-3-4-5-6-7-8-9-10-11-12-13-14-15-16-17-19-29(32)34-21-18-20-33-28-23-26(25-30-2)22-27(31)24-28;1-3-5-6-4-2;6*1-3-2;3*1-2/h7-8,10-11,22-24,30-31H,3-6,9,12-21,25H2,1-2H3;3-6H2,1-2H3;6*3H2,1-2H3;2*1-2H3;2H,1H3/b8-7-,11-10-;;;;;;;;;;. The minimum atomic E-state index is -0.126. The first-order valence-electron chi connectivity index (χ1n) is 27.1. The molecular weight excluding hydrogens is 791 g/mol. The molecule has 0 aliphatic carbocycles. The number of allylic oxidation sites excluding steroid dienone is 4. The number of carbonyl (C=O) groups is 1. The molecule has 0 bridgehead atoms. The molecule has 1 rings (SSSR count). The average Bonchev–Trinajstić information content (AvgIpc) is 3.28. The van der Waals surface area contributed by atoms with Gasteiger partial charge in [-0.3, -0.25) is 4.79 Å². The maximum Gasteiger partial charge on any atom is 0.305 e. The molecule has 0 fully saturated rings. The highest BCUT2D eigenvalue weighted by Gasteiger charge is 2.04. The van der Waals surface area contributed by atoms with Crippen LogP contribution >= 0.6 is 0 Å². The lowest BCUT2D eigenvalue weighted by atomic mass is 10.1. The molecule has 0 aliphatic heterocycles. The van der Waals surface area contributed by atoms with Crippen LogP contribution in [0.2, 0.25) is 0 Å². The monoisotopic (exact) mass is 916 g/mol. The van der Waals surface area contributed by atoms with Gasteiger partial charge in [0.05, 0.1) is 13.2 Å². The third-order valence-electron chi connectivity index (χ3n) is 6.44. The third-order valence-corrected chi connectivity index (χ3v) is 6.44. The van der Waals surface area contributed by atoms with E-state index in [9.17, 15) is 9.90 Å². The Labute approximate surface area is 407 Å². The second kappa shape index (κ2) is 104. The van der Waals surface area contributed by atoms with Gasteiger partial charge in [-0.15, -0.1) is 0 Å². The molecular formula is C58H125NO5. The van der Waals surface area contributed by atoms with Crippen LogP contribution in [0.5, 0.6) is 11.5 Å². The minimum absolute atomic E-state index is 0.126. The third kappa shape index (κ3) is 124. The molecule has 0 saturated carbocycles. The highest BCUT2D eigenvalue weighted by atomic mass is 16.5. The van der Waals surface area contributed by atoms with Crippen LogP contribution in [0.15, 0.2) is 42.5 Å². The van der Waals surface area contributed by atoms with Crippen LogP contribution in [0, 0.1) is 0 Å². The van der Waals surface area contributed by atoms with Gasteiger partial charge in [0.1, 0.15) is 11.5 Å². The highest BCUT2D eigenvalue weighted by molar-refractivity contribution is 5.69. The summed E-state index contributed by atoms with van der Waals surface area (Å²) in [7, 11) is 2.86. The van der Waals surface area contributed by atoms with Crippen molar-refractivity contribution in [2.24, 2.45) is 0 Å². The van der Waals surface area contributed by atoms with E-state index in [1.807, 2.05) is 40.8 Å². The van der Waals surface area contributed by atoms with Gasteiger partial charge in [-0.1, -0.05) is 252 Å². The highest BCUT2D eigenvalue weighted by Crippen LogP contribution is 2.22. The summed E-state index contributed by atoms with van der Waals surface area (Å²) in [6.45, 7) is 41.7. The lowest BCUT2D eigenvalue weighted by Gasteiger charge is -2.09. The number of aliphatic hydroxyl groups excluding tert-OH is 1. The van der Waals surface area contributed by atoms with Crippen LogP contribution in [0.1, 0.15) is 285 Å². The number of unbranched alkanes of at least 4 members (excludes halogenated alkanes) is 11. The van der Waals surface area contributed by atoms with E-state index in [1.54, 1.807) is 12.1 Å². The first-order valence-corrected chi connectivity index (χ1v) is 27.1. The van der Waals surface area contributed by atoms with Gasteiger partial charge in [0, 0.05) is 32.6 Å². The van der Waals surface area contributed by atoms with Gasteiger partial charge in [-0.05, 0) is 63.3 Å². The first-order chi connectivity index (χ1) is 31.1. The van der Waals surface area contributed by atoms with Gasteiger partial charge in [0.2, 0.25) is 0 Å². The number of phenols is 1. The zero-order valence-electron chi connectivity index (χ0n) is 48.0. The predicted octanol–water partition coefficient (Wildman–Crippen LogP) is 20.0. The summed E-state index contributed by atoms with van der Waals surface area (Å²) in [5.74, 6) is 0.688. The predicted molar refractivity (Wildman–Crippen MR) is 298 cm³/mol. The molecule has 1 aromatic rings. The van der Waals surface area contributed by atoms with Crippen molar-refractivity contribution in [3.63, 3.8) is 0 Å². The molecule has 0 atom stereocenters. The summed E-state index contributed by atoms with van der Waals surface area (Å²) < 4.78 is 11.0. The van der Waals surface area contributed by atoms with Gasteiger partial charge in [0.25, 0.3) is 0 Å². The van der Waals surface area contributed by atoms with Crippen LogP contribution in [0.4, 0.5) is 0 Å². The number of benzene rings is 1. The molecule has 0 unspecified atom stereocenters. The Kier molecular flexibility index (Phi) is 138. The quantitative estimate of drug-likeness (QED) is 0.0544. The Morgan fingerprint density at radius 3 is 1.30 bits per heavy atom. The zero-order chi connectivity index (χ0) is 51.8. The molecule has 6 heteroatoms. The van der Waals surface area contributed by atoms with Crippen molar-refractivity contribution >= 4 is 5.97 Å². The van der Waals surface area contributed by atoms with E-state index in [4.69, 9.17) is 14.6 Å². The lowest BCUT2D eigenvalue weighted by Crippen LogP contribution is -2.09. The molecule has 0 heterocycles. The number of hydrogen-bond donors (Lipinski definition) is 3. The Hall–Kier alpha value is -2.31. The molecule has 1 aromatic carbocycles. The second-order valence-corrected chi connectivity index (χ2v) is 14.7. The van der Waals surface area contributed by atoms with Crippen molar-refractivity contribution in [2.45, 2.75) is 286 Å². The van der Waals surface area contributed by atoms with Crippen molar-refractivity contribution in [2.75, 3.05) is 27.4 Å². The van der Waals surface area contributed by atoms with Gasteiger partial charge in [0.15, 0.2) is 0 Å². The van der Waals surface area contributed by atoms with Gasteiger partial charge >= 0.3 is 5.97 Å². The largest absolute Gasteiger partial charge is 0.508 e. The lowest BCUT2D eigenvalue weighted by molar-refractivity contribution is -0.144. The molecule has 3 N–H and O–H groups in total. The maximum absolute atomic E-state index is 11.9. The van der Waals surface area contributed by atoms with E-state index in [0.717, 1.165) is 38.4 Å². The topological polar surface area (TPSA) is 88.0 Å². The van der Waals surface area contributed by atoms with Crippen LogP contribution < -0.4 is 10.1 Å². The number of ether oxygens (including phenoxy) is 2. The fourth-order valence-corrected chi connectivity index (χ4v) is 4.12. The molecule has 6 nitrogen and oxygen atoms in total. The van der Waals surface area contributed by atoms with Crippen LogP contribution in [0.3, 0.4) is 0 Å². The Morgan fingerprint density at radius 2 is 0.891 bits per heavy atom. The minimum Gasteiger partial charge on any atom is -0.508 e. The molecule has 0 aliphatic rings. The van der Waals surface area contributed by atoms with Crippen molar-refractivity contribution in [3.05, 3.63) is 48.1 Å². The fourth-order valence-electron chi connectivity index (χ4n) is 4.12. The normalized spacial score (nSPS) is 8.91. The maximum atomic E-state index is 11.9. The molecule has 0 amide bonds. The zero-order valence-corrected chi connectivity index (χ0v) is 48.0. The van der Waals surface area contributed by atoms with Crippen LogP contribution in [0.25, 0.3) is 0 Å². The first kappa shape index (κ1) is 85.0. The number of nitrogens with one attached hydrogen (secondary N) is 1. The molecule has 0 spiro atoms. The fraction of sp³-hybridized carbons (Fsp3) is 0.810. The average molecular weight is 917 g/mol. The number of rotatable bonds is 24. The van der Waals surface area contributed by atoms with Crippen molar-refractivity contribution < 1.29 is 24.5 Å². The van der Waals surface area contributed by atoms with Crippen molar-refractivity contribution in [1.82, 2.24) is 5.32 Å². The van der Waals surface area contributed by atoms with Crippen LogP contribution in [-0.2, 0) is 16.1 Å². The summed E-state index contributed by atoms with van der Waals surface area (Å²) in [5, 5.41) is 19.8. The van der Waals surface area contributed by atoms with Crippen molar-refractivity contribution in [3.8, 4) is 11.5 Å². The van der Waals surface area contributed by atoms with Crippen LogP contribution in [-0.4, -0.2) is 43.6 Å². The number of phenolic OH excluding ortho intramolecular Hbond substituents is 1. The number of hydrogen-bond acceptors (Lipinski definition) is 6. The summed E-state index contributed by atoms with van der Waals surface area (Å²) in [6, 6.07) is 5.19. The van der Waals surface area contributed by atoms with E-state index in [-0.39, 0.29) is 11.7 Å². The number of aliphatic hydroxyl groups is 1. The van der Waals surface area contributed by atoms with E-state index in [0.29, 0.717) is 38.3 Å². The number of esters is 1. The summed E-state index contributed by atoms with van der Waals surface area (Å²) >= 11 is 0.